The van der Waals surface area contributed by atoms with E-state index in [1.165, 1.54) is 12.1 Å². The van der Waals surface area contributed by atoms with Crippen LogP contribution < -0.4 is 10.6 Å². The predicted molar refractivity (Wildman–Crippen MR) is 89.4 cm³/mol. The van der Waals surface area contributed by atoms with E-state index in [4.69, 9.17) is 0 Å². The van der Waals surface area contributed by atoms with Gasteiger partial charge in [0.25, 0.3) is 17.5 Å². The molecule has 0 saturated carbocycles. The van der Waals surface area contributed by atoms with Gasteiger partial charge in [0.05, 0.1) is 4.92 Å². The van der Waals surface area contributed by atoms with Crippen LogP contribution in [0.2, 0.25) is 0 Å². The number of hydrogen-bond acceptors (Lipinski definition) is 5. The van der Waals surface area contributed by atoms with E-state index in [1.54, 1.807) is 43.4 Å². The minimum Gasteiger partial charge on any atom is -0.383 e. The first-order valence-electron chi connectivity index (χ1n) is 7.14. The fraction of sp³-hybridized carbons (Fsp3) is 0.0588. The lowest BCUT2D eigenvalue weighted by molar-refractivity contribution is -0.384. The summed E-state index contributed by atoms with van der Waals surface area (Å²) in [6.45, 7) is 0. The SMILES string of the molecule is CNc1ccc(/C=C2/C(=O)NC(=O)c3ccccc32)cc1[N+](=O)[O-]. The van der Waals surface area contributed by atoms with Crippen molar-refractivity contribution in [2.75, 3.05) is 12.4 Å². The number of carbonyl (C=O) groups excluding carboxylic acids is 2. The highest BCUT2D eigenvalue weighted by Crippen LogP contribution is 2.29. The molecule has 0 bridgehead atoms. The molecule has 2 aromatic rings. The van der Waals surface area contributed by atoms with Gasteiger partial charge in [-0.3, -0.25) is 25.0 Å². The molecule has 0 aliphatic carbocycles. The number of nitrogens with zero attached hydrogens (tertiary/aromatic N) is 1. The van der Waals surface area contributed by atoms with Crippen molar-refractivity contribution in [2.45, 2.75) is 0 Å². The summed E-state index contributed by atoms with van der Waals surface area (Å²) in [6.07, 6.45) is 1.53. The maximum absolute atomic E-state index is 12.2. The maximum atomic E-state index is 12.2. The van der Waals surface area contributed by atoms with Crippen molar-refractivity contribution in [2.24, 2.45) is 0 Å². The number of fused-ring (bicyclic) bond motifs is 1. The van der Waals surface area contributed by atoms with Crippen LogP contribution in [-0.2, 0) is 4.79 Å². The van der Waals surface area contributed by atoms with Gasteiger partial charge in [-0.1, -0.05) is 24.3 Å². The molecular formula is C17H13N3O4. The number of nitrogens with one attached hydrogen (secondary N) is 2. The average Bonchev–Trinajstić information content (AvgIpc) is 2.58. The number of rotatable bonds is 3. The quantitative estimate of drug-likeness (QED) is 0.391. The number of hydrogen-bond donors (Lipinski definition) is 2. The predicted octanol–water partition coefficient (Wildman–Crippen LogP) is 2.45. The molecule has 0 saturated heterocycles. The first-order chi connectivity index (χ1) is 11.5. The summed E-state index contributed by atoms with van der Waals surface area (Å²) in [4.78, 5) is 34.7. The fourth-order valence-electron chi connectivity index (χ4n) is 2.59. The van der Waals surface area contributed by atoms with Gasteiger partial charge in [-0.05, 0) is 29.3 Å². The second-order valence-corrected chi connectivity index (χ2v) is 5.17. The highest BCUT2D eigenvalue weighted by molar-refractivity contribution is 6.33. The number of benzene rings is 2. The Bertz CT molecular complexity index is 902. The molecule has 0 aromatic heterocycles. The number of imide groups is 1. The zero-order valence-electron chi connectivity index (χ0n) is 12.7. The first kappa shape index (κ1) is 15.4. The van der Waals surface area contributed by atoms with E-state index < -0.39 is 16.7 Å². The van der Waals surface area contributed by atoms with E-state index in [0.29, 0.717) is 22.4 Å². The van der Waals surface area contributed by atoms with Crippen molar-refractivity contribution in [3.63, 3.8) is 0 Å². The molecule has 1 aliphatic heterocycles. The van der Waals surface area contributed by atoms with Crippen LogP contribution in [0.5, 0.6) is 0 Å². The standard InChI is InChI=1S/C17H13N3O4/c1-18-14-7-6-10(9-15(14)20(23)24)8-13-11-4-2-3-5-12(11)16(21)19-17(13)22/h2-9,18H,1H3,(H,19,21,22)/b13-8+. The van der Waals surface area contributed by atoms with Gasteiger partial charge in [0.1, 0.15) is 5.69 Å². The van der Waals surface area contributed by atoms with Crippen molar-refractivity contribution in [3.05, 3.63) is 69.3 Å². The zero-order valence-corrected chi connectivity index (χ0v) is 12.7. The van der Waals surface area contributed by atoms with Crippen molar-refractivity contribution in [1.29, 1.82) is 0 Å². The largest absolute Gasteiger partial charge is 0.383 e. The number of nitro benzene ring substituents is 1. The van der Waals surface area contributed by atoms with E-state index in [2.05, 4.69) is 10.6 Å². The second kappa shape index (κ2) is 5.96. The molecule has 7 heteroatoms. The van der Waals surface area contributed by atoms with Gasteiger partial charge in [0.2, 0.25) is 0 Å². The van der Waals surface area contributed by atoms with E-state index in [0.717, 1.165) is 0 Å². The van der Waals surface area contributed by atoms with Crippen LogP contribution in [0, 0.1) is 10.1 Å². The van der Waals surface area contributed by atoms with E-state index >= 15 is 0 Å². The fourth-order valence-corrected chi connectivity index (χ4v) is 2.59. The van der Waals surface area contributed by atoms with Crippen LogP contribution in [-0.4, -0.2) is 23.8 Å². The molecule has 120 valence electrons. The molecule has 7 nitrogen and oxygen atoms in total. The Hall–Kier alpha value is -3.48. The third-order valence-corrected chi connectivity index (χ3v) is 3.73. The second-order valence-electron chi connectivity index (χ2n) is 5.17. The van der Waals surface area contributed by atoms with Gasteiger partial charge in [0.15, 0.2) is 0 Å². The third-order valence-electron chi connectivity index (χ3n) is 3.73. The van der Waals surface area contributed by atoms with E-state index in [9.17, 15) is 19.7 Å². The minimum atomic E-state index is -0.529. The third kappa shape index (κ3) is 2.63. The summed E-state index contributed by atoms with van der Waals surface area (Å²) in [6, 6.07) is 11.3. The molecule has 0 radical (unpaired) electrons. The van der Waals surface area contributed by atoms with Gasteiger partial charge in [-0.15, -0.1) is 0 Å². The van der Waals surface area contributed by atoms with Crippen molar-refractivity contribution in [1.82, 2.24) is 5.32 Å². The Labute approximate surface area is 137 Å². The van der Waals surface area contributed by atoms with Crippen LogP contribution in [0.1, 0.15) is 21.5 Å². The number of amides is 2. The smallest absolute Gasteiger partial charge is 0.292 e. The molecular weight excluding hydrogens is 310 g/mol. The maximum Gasteiger partial charge on any atom is 0.292 e. The Morgan fingerprint density at radius 2 is 1.79 bits per heavy atom. The molecule has 2 N–H and O–H groups in total. The highest BCUT2D eigenvalue weighted by Gasteiger charge is 2.26. The van der Waals surface area contributed by atoms with Crippen LogP contribution in [0.4, 0.5) is 11.4 Å². The van der Waals surface area contributed by atoms with Crippen molar-refractivity contribution < 1.29 is 14.5 Å². The van der Waals surface area contributed by atoms with Gasteiger partial charge in [0, 0.05) is 24.3 Å². The molecule has 3 rings (SSSR count). The van der Waals surface area contributed by atoms with Crippen molar-refractivity contribution >= 4 is 34.8 Å². The van der Waals surface area contributed by atoms with Crippen LogP contribution in [0.15, 0.2) is 42.5 Å². The molecule has 24 heavy (non-hydrogen) atoms. The minimum absolute atomic E-state index is 0.0903. The molecule has 1 heterocycles. The molecule has 0 unspecified atom stereocenters. The lowest BCUT2D eigenvalue weighted by Crippen LogP contribution is -2.36. The lowest BCUT2D eigenvalue weighted by atomic mass is 9.93. The van der Waals surface area contributed by atoms with Gasteiger partial charge in [-0.25, -0.2) is 0 Å². The normalized spacial score (nSPS) is 15.0. The van der Waals surface area contributed by atoms with Gasteiger partial charge in [-0.2, -0.15) is 0 Å². The van der Waals surface area contributed by atoms with E-state index in [-0.39, 0.29) is 11.3 Å². The van der Waals surface area contributed by atoms with Crippen LogP contribution in [0.3, 0.4) is 0 Å². The first-order valence-corrected chi connectivity index (χ1v) is 7.14. The van der Waals surface area contributed by atoms with Gasteiger partial charge >= 0.3 is 0 Å². The highest BCUT2D eigenvalue weighted by atomic mass is 16.6. The summed E-state index contributed by atoms with van der Waals surface area (Å²) < 4.78 is 0. The Morgan fingerprint density at radius 1 is 1.08 bits per heavy atom. The lowest BCUT2D eigenvalue weighted by Gasteiger charge is -2.18. The molecule has 1 aliphatic rings. The molecule has 2 amide bonds. The summed E-state index contributed by atoms with van der Waals surface area (Å²) in [5.74, 6) is -0.983. The monoisotopic (exact) mass is 323 g/mol. The molecule has 0 atom stereocenters. The number of nitro groups is 1. The zero-order chi connectivity index (χ0) is 17.3. The van der Waals surface area contributed by atoms with Gasteiger partial charge < -0.3 is 5.32 Å². The molecule has 2 aromatic carbocycles. The number of anilines is 1. The molecule has 0 spiro atoms. The summed E-state index contributed by atoms with van der Waals surface area (Å²) >= 11 is 0. The van der Waals surface area contributed by atoms with Crippen LogP contribution in [0.25, 0.3) is 11.6 Å². The Balaban J connectivity index is 2.13. The summed E-state index contributed by atoms with van der Waals surface area (Å²) in [7, 11) is 1.59. The molecule has 0 fully saturated rings. The summed E-state index contributed by atoms with van der Waals surface area (Å²) in [5.41, 5.74) is 1.97. The Morgan fingerprint density at radius 3 is 2.46 bits per heavy atom. The average molecular weight is 323 g/mol. The topological polar surface area (TPSA) is 101 Å². The number of carbonyl (C=O) groups is 2. The Kier molecular flexibility index (Phi) is 3.83. The van der Waals surface area contributed by atoms with Crippen molar-refractivity contribution in [3.8, 4) is 0 Å². The van der Waals surface area contributed by atoms with Crippen LogP contribution >= 0.6 is 0 Å². The van der Waals surface area contributed by atoms with E-state index in [1.807, 2.05) is 0 Å². The summed E-state index contributed by atoms with van der Waals surface area (Å²) in [5, 5.41) is 16.2.